The number of rotatable bonds is 2. The van der Waals surface area contributed by atoms with Gasteiger partial charge in [-0.15, -0.1) is 0 Å². The van der Waals surface area contributed by atoms with Crippen molar-refractivity contribution in [3.8, 4) is 0 Å². The van der Waals surface area contributed by atoms with Crippen LogP contribution in [0.3, 0.4) is 0 Å². The van der Waals surface area contributed by atoms with Crippen LogP contribution < -0.4 is 5.01 Å². The maximum atomic E-state index is 11.8. The molecule has 3 nitrogen and oxygen atoms in total. The predicted octanol–water partition coefficient (Wildman–Crippen LogP) is 2.36. The molecule has 0 atom stereocenters. The second-order valence-electron chi connectivity index (χ2n) is 3.33. The van der Waals surface area contributed by atoms with Gasteiger partial charge >= 0.3 is 0 Å². The number of hydrogen-bond acceptors (Lipinski definition) is 2. The molecule has 0 spiro atoms. The summed E-state index contributed by atoms with van der Waals surface area (Å²) in [4.78, 5) is 11.8. The van der Waals surface area contributed by atoms with Crippen molar-refractivity contribution < 1.29 is 4.79 Å². The van der Waals surface area contributed by atoms with Crippen molar-refractivity contribution in [2.24, 2.45) is 5.10 Å². The molecular formula is C12H12N2O. The third-order valence-corrected chi connectivity index (χ3v) is 2.36. The van der Waals surface area contributed by atoms with Gasteiger partial charge in [-0.1, -0.05) is 31.7 Å². The molecule has 0 unspecified atom stereocenters. The zero-order valence-corrected chi connectivity index (χ0v) is 8.60. The molecule has 1 amide bonds. The first-order chi connectivity index (χ1) is 7.24. The Morgan fingerprint density at radius 3 is 2.53 bits per heavy atom. The molecule has 1 aliphatic rings. The number of hydrogen-bond donors (Lipinski definition) is 0. The molecule has 15 heavy (non-hydrogen) atoms. The largest absolute Gasteiger partial charge is 0.280 e. The van der Waals surface area contributed by atoms with Crippen molar-refractivity contribution in [2.75, 3.05) is 5.01 Å². The first-order valence-electron chi connectivity index (χ1n) is 4.90. The lowest BCUT2D eigenvalue weighted by atomic mass is 10.1. The molecule has 1 heterocycles. The maximum absolute atomic E-state index is 11.8. The monoisotopic (exact) mass is 200 g/mol. The van der Waals surface area contributed by atoms with Gasteiger partial charge in [-0.25, -0.2) is 0 Å². The Morgan fingerprint density at radius 1 is 1.33 bits per heavy atom. The van der Waals surface area contributed by atoms with E-state index in [9.17, 15) is 4.79 Å². The molecule has 0 saturated carbocycles. The van der Waals surface area contributed by atoms with Crippen LogP contribution in [0.15, 0.2) is 47.6 Å². The summed E-state index contributed by atoms with van der Waals surface area (Å²) in [5.41, 5.74) is 2.05. The number of carbonyl (C=O) groups excluding carboxylic acids is 1. The van der Waals surface area contributed by atoms with Crippen LogP contribution in [0, 0.1) is 0 Å². The average Bonchev–Trinajstić information content (AvgIpc) is 2.57. The van der Waals surface area contributed by atoms with Gasteiger partial charge in [0.05, 0.1) is 17.0 Å². The van der Waals surface area contributed by atoms with E-state index in [0.29, 0.717) is 5.57 Å². The van der Waals surface area contributed by atoms with E-state index in [1.165, 1.54) is 5.01 Å². The molecule has 1 aliphatic heterocycles. The Bertz CT molecular complexity index is 434. The third-order valence-electron chi connectivity index (χ3n) is 2.36. The summed E-state index contributed by atoms with van der Waals surface area (Å²) in [6.07, 6.45) is 0.730. The molecule has 0 aliphatic carbocycles. The minimum atomic E-state index is -0.127. The van der Waals surface area contributed by atoms with Gasteiger partial charge in [-0.05, 0) is 18.6 Å². The topological polar surface area (TPSA) is 32.7 Å². The lowest BCUT2D eigenvalue weighted by Gasteiger charge is -2.10. The lowest BCUT2D eigenvalue weighted by Crippen LogP contribution is -2.20. The fourth-order valence-corrected chi connectivity index (χ4v) is 1.51. The van der Waals surface area contributed by atoms with Crippen LogP contribution in [0.1, 0.15) is 13.3 Å². The number of benzene rings is 1. The first kappa shape index (κ1) is 9.65. The maximum Gasteiger partial charge on any atom is 0.280 e. The molecule has 0 fully saturated rings. The van der Waals surface area contributed by atoms with E-state index < -0.39 is 0 Å². The number of anilines is 1. The molecule has 0 bridgehead atoms. The molecule has 0 radical (unpaired) electrons. The van der Waals surface area contributed by atoms with Crippen molar-refractivity contribution in [1.82, 2.24) is 0 Å². The Balaban J connectivity index is 2.37. The van der Waals surface area contributed by atoms with Gasteiger partial charge in [0.25, 0.3) is 5.91 Å². The predicted molar refractivity (Wildman–Crippen MR) is 60.8 cm³/mol. The minimum Gasteiger partial charge on any atom is -0.267 e. The van der Waals surface area contributed by atoms with Crippen molar-refractivity contribution in [1.29, 1.82) is 0 Å². The van der Waals surface area contributed by atoms with Crippen LogP contribution in [0.5, 0.6) is 0 Å². The minimum absolute atomic E-state index is 0.127. The van der Waals surface area contributed by atoms with Crippen LogP contribution in [-0.4, -0.2) is 11.6 Å². The standard InChI is InChI=1S/C12H12N2O/c1-3-11-9(2)12(15)14(13-11)10-7-5-4-6-8-10/h4-8H,2-3H2,1H3. The van der Waals surface area contributed by atoms with E-state index in [4.69, 9.17) is 0 Å². The van der Waals surface area contributed by atoms with Crippen LogP contribution in [0.4, 0.5) is 5.69 Å². The van der Waals surface area contributed by atoms with Crippen LogP contribution in [-0.2, 0) is 4.79 Å². The summed E-state index contributed by atoms with van der Waals surface area (Å²) in [7, 11) is 0. The SMILES string of the molecule is C=C1C(=O)N(c2ccccc2)N=C1CC. The summed E-state index contributed by atoms with van der Waals surface area (Å²) in [6.45, 7) is 5.71. The highest BCUT2D eigenvalue weighted by atomic mass is 16.2. The molecule has 0 saturated heterocycles. The molecule has 76 valence electrons. The van der Waals surface area contributed by atoms with Gasteiger partial charge in [-0.3, -0.25) is 4.79 Å². The van der Waals surface area contributed by atoms with Crippen molar-refractivity contribution in [3.63, 3.8) is 0 Å². The van der Waals surface area contributed by atoms with Gasteiger partial charge in [0, 0.05) is 0 Å². The van der Waals surface area contributed by atoms with E-state index in [0.717, 1.165) is 17.8 Å². The molecule has 0 N–H and O–H groups in total. The molecule has 1 aromatic rings. The zero-order chi connectivity index (χ0) is 10.8. The molecule has 2 rings (SSSR count). The van der Waals surface area contributed by atoms with Crippen LogP contribution in [0.25, 0.3) is 0 Å². The van der Waals surface area contributed by atoms with E-state index in [2.05, 4.69) is 11.7 Å². The average molecular weight is 200 g/mol. The smallest absolute Gasteiger partial charge is 0.267 e. The highest BCUT2D eigenvalue weighted by Crippen LogP contribution is 2.22. The Kier molecular flexibility index (Phi) is 2.37. The number of nitrogens with zero attached hydrogens (tertiary/aromatic N) is 2. The highest BCUT2D eigenvalue weighted by molar-refractivity contribution is 6.29. The summed E-state index contributed by atoms with van der Waals surface area (Å²) >= 11 is 0. The first-order valence-corrected chi connectivity index (χ1v) is 4.90. The summed E-state index contributed by atoms with van der Waals surface area (Å²) in [5.74, 6) is -0.127. The van der Waals surface area contributed by atoms with Gasteiger partial charge in [0.1, 0.15) is 0 Å². The fraction of sp³-hybridized carbons (Fsp3) is 0.167. The highest BCUT2D eigenvalue weighted by Gasteiger charge is 2.27. The van der Waals surface area contributed by atoms with Gasteiger partial charge in [-0.2, -0.15) is 10.1 Å². The van der Waals surface area contributed by atoms with Gasteiger partial charge in [0.15, 0.2) is 0 Å². The number of hydrazone groups is 1. The number of amides is 1. The Labute approximate surface area is 88.7 Å². The van der Waals surface area contributed by atoms with Crippen molar-refractivity contribution >= 4 is 17.3 Å². The Hall–Kier alpha value is -1.90. The van der Waals surface area contributed by atoms with Crippen molar-refractivity contribution in [2.45, 2.75) is 13.3 Å². The number of para-hydroxylation sites is 1. The van der Waals surface area contributed by atoms with E-state index >= 15 is 0 Å². The second-order valence-corrected chi connectivity index (χ2v) is 3.33. The molecule has 3 heteroatoms. The van der Waals surface area contributed by atoms with E-state index in [1.807, 2.05) is 37.3 Å². The second kappa shape index (κ2) is 3.69. The summed E-state index contributed by atoms with van der Waals surface area (Å²) in [6, 6.07) is 9.37. The summed E-state index contributed by atoms with van der Waals surface area (Å²) in [5, 5.41) is 5.64. The van der Waals surface area contributed by atoms with Crippen molar-refractivity contribution in [3.05, 3.63) is 42.5 Å². The third kappa shape index (κ3) is 1.56. The van der Waals surface area contributed by atoms with Crippen LogP contribution >= 0.6 is 0 Å². The number of carbonyl (C=O) groups is 1. The molecule has 0 aromatic heterocycles. The molecular weight excluding hydrogens is 188 g/mol. The van der Waals surface area contributed by atoms with E-state index in [-0.39, 0.29) is 5.91 Å². The molecule has 1 aromatic carbocycles. The summed E-state index contributed by atoms with van der Waals surface area (Å²) < 4.78 is 0. The quantitative estimate of drug-likeness (QED) is 0.674. The normalized spacial score (nSPS) is 15.8. The Morgan fingerprint density at radius 2 is 2.00 bits per heavy atom. The fourth-order valence-electron chi connectivity index (χ4n) is 1.51. The van der Waals surface area contributed by atoms with Gasteiger partial charge < -0.3 is 0 Å². The van der Waals surface area contributed by atoms with Gasteiger partial charge in [0.2, 0.25) is 0 Å². The lowest BCUT2D eigenvalue weighted by molar-refractivity contribution is -0.114. The van der Waals surface area contributed by atoms with Crippen LogP contribution in [0.2, 0.25) is 0 Å². The zero-order valence-electron chi connectivity index (χ0n) is 8.60. The van der Waals surface area contributed by atoms with E-state index in [1.54, 1.807) is 0 Å².